The van der Waals surface area contributed by atoms with E-state index in [9.17, 15) is 0 Å². The van der Waals surface area contributed by atoms with E-state index in [1.807, 2.05) is 0 Å². The molecule has 0 amide bonds. The van der Waals surface area contributed by atoms with E-state index in [0.717, 1.165) is 19.5 Å². The van der Waals surface area contributed by atoms with Crippen LogP contribution in [0.4, 0.5) is 0 Å². The lowest BCUT2D eigenvalue weighted by molar-refractivity contribution is -0.174. The Morgan fingerprint density at radius 3 is 2.14 bits per heavy atom. The van der Waals surface area contributed by atoms with Crippen molar-refractivity contribution >= 4 is 0 Å². The Kier molecular flexibility index (Phi) is 4.51. The smallest absolute Gasteiger partial charge is 0.106 e. The van der Waals surface area contributed by atoms with E-state index < -0.39 is 0 Å². The molecule has 0 aromatic heterocycles. The highest BCUT2D eigenvalue weighted by atomic mass is 16.5. The highest BCUT2D eigenvalue weighted by Gasteiger charge is 2.43. The van der Waals surface area contributed by atoms with E-state index in [1.54, 1.807) is 0 Å². The van der Waals surface area contributed by atoms with Crippen molar-refractivity contribution in [3.8, 4) is 0 Å². The van der Waals surface area contributed by atoms with Crippen LogP contribution < -0.4 is 0 Å². The number of ether oxygens (including phenoxy) is 1. The van der Waals surface area contributed by atoms with Crippen molar-refractivity contribution in [3.63, 3.8) is 0 Å². The summed E-state index contributed by atoms with van der Waals surface area (Å²) in [5.74, 6) is 0. The van der Waals surface area contributed by atoms with Crippen LogP contribution in [-0.4, -0.2) is 29.1 Å². The lowest BCUT2D eigenvalue weighted by atomic mass is 9.83. The predicted molar refractivity (Wildman–Crippen MR) is 89.5 cm³/mol. The number of piperidine rings is 1. The van der Waals surface area contributed by atoms with Crippen LogP contribution in [-0.2, 0) is 10.3 Å². The predicted octanol–water partition coefficient (Wildman–Crippen LogP) is 4.59. The first kappa shape index (κ1) is 16.5. The van der Waals surface area contributed by atoms with Gasteiger partial charge in [-0.15, -0.1) is 0 Å². The van der Waals surface area contributed by atoms with E-state index >= 15 is 0 Å². The molecule has 0 N–H and O–H groups in total. The molecule has 2 nitrogen and oxygen atoms in total. The van der Waals surface area contributed by atoms with E-state index in [0.29, 0.717) is 0 Å². The first-order valence-electron chi connectivity index (χ1n) is 8.13. The Bertz CT molecular complexity index is 455. The summed E-state index contributed by atoms with van der Waals surface area (Å²) < 4.78 is 6.64. The maximum atomic E-state index is 6.64. The molecule has 2 rings (SSSR count). The lowest BCUT2D eigenvalue weighted by Crippen LogP contribution is -2.55. The standard InChI is InChI=1S/C19H31NO/c1-17(2,3)20-14-10-13-19(15-20,21-18(4,5)6)16-11-8-7-9-12-16/h7-9,11-12H,10,13-15H2,1-6H3. The van der Waals surface area contributed by atoms with Gasteiger partial charge in [-0.2, -0.15) is 0 Å². The van der Waals surface area contributed by atoms with Crippen LogP contribution >= 0.6 is 0 Å². The van der Waals surface area contributed by atoms with Gasteiger partial charge in [-0.1, -0.05) is 30.3 Å². The molecule has 1 heterocycles. The summed E-state index contributed by atoms with van der Waals surface area (Å²) in [5, 5.41) is 0. The first-order valence-corrected chi connectivity index (χ1v) is 8.13. The summed E-state index contributed by atoms with van der Waals surface area (Å²) >= 11 is 0. The van der Waals surface area contributed by atoms with Crippen molar-refractivity contribution in [3.05, 3.63) is 35.9 Å². The van der Waals surface area contributed by atoms with Gasteiger partial charge in [0, 0.05) is 12.1 Å². The van der Waals surface area contributed by atoms with Gasteiger partial charge in [0.2, 0.25) is 0 Å². The molecule has 1 aliphatic heterocycles. The fraction of sp³-hybridized carbons (Fsp3) is 0.684. The number of benzene rings is 1. The van der Waals surface area contributed by atoms with Gasteiger partial charge >= 0.3 is 0 Å². The molecule has 21 heavy (non-hydrogen) atoms. The number of rotatable bonds is 2. The average molecular weight is 289 g/mol. The van der Waals surface area contributed by atoms with E-state index in [1.165, 1.54) is 12.0 Å². The zero-order chi connectivity index (χ0) is 15.7. The SMILES string of the molecule is CC(C)(C)OC1(c2ccccc2)CCCN(C(C)(C)C)C1. The normalized spacial score (nSPS) is 25.0. The maximum absolute atomic E-state index is 6.64. The summed E-state index contributed by atoms with van der Waals surface area (Å²) in [4.78, 5) is 2.56. The third-order valence-electron chi connectivity index (χ3n) is 4.21. The molecule has 1 fully saturated rings. The average Bonchev–Trinajstić information content (AvgIpc) is 2.37. The van der Waals surface area contributed by atoms with Crippen LogP contribution in [0.3, 0.4) is 0 Å². The molecule has 1 unspecified atom stereocenters. The molecule has 118 valence electrons. The topological polar surface area (TPSA) is 12.5 Å². The van der Waals surface area contributed by atoms with Gasteiger partial charge in [-0.25, -0.2) is 0 Å². The van der Waals surface area contributed by atoms with Crippen molar-refractivity contribution in [2.24, 2.45) is 0 Å². The first-order chi connectivity index (χ1) is 9.62. The second-order valence-corrected chi connectivity index (χ2v) is 8.27. The molecular formula is C19H31NO. The molecule has 0 radical (unpaired) electrons. The minimum Gasteiger partial charge on any atom is -0.363 e. The maximum Gasteiger partial charge on any atom is 0.106 e. The molecule has 0 aliphatic carbocycles. The van der Waals surface area contributed by atoms with Gasteiger partial charge in [0.25, 0.3) is 0 Å². The Labute approximate surface area is 130 Å². The zero-order valence-corrected chi connectivity index (χ0v) is 14.6. The number of hydrogen-bond donors (Lipinski definition) is 0. The van der Waals surface area contributed by atoms with Crippen molar-refractivity contribution in [2.75, 3.05) is 13.1 Å². The summed E-state index contributed by atoms with van der Waals surface area (Å²) in [5.41, 5.74) is 1.16. The number of likely N-dealkylation sites (tertiary alicyclic amines) is 1. The van der Waals surface area contributed by atoms with Crippen LogP contribution in [0.5, 0.6) is 0 Å². The fourth-order valence-electron chi connectivity index (χ4n) is 3.30. The molecule has 2 heteroatoms. The number of hydrogen-bond acceptors (Lipinski definition) is 2. The van der Waals surface area contributed by atoms with Gasteiger partial charge < -0.3 is 4.74 Å². The molecule has 0 saturated carbocycles. The van der Waals surface area contributed by atoms with E-state index in [-0.39, 0.29) is 16.7 Å². The van der Waals surface area contributed by atoms with Gasteiger partial charge in [0.15, 0.2) is 0 Å². The van der Waals surface area contributed by atoms with Crippen LogP contribution in [0.2, 0.25) is 0 Å². The van der Waals surface area contributed by atoms with Crippen LogP contribution in [0.1, 0.15) is 59.9 Å². The van der Waals surface area contributed by atoms with E-state index in [4.69, 9.17) is 4.74 Å². The molecule has 1 aromatic rings. The third-order valence-corrected chi connectivity index (χ3v) is 4.21. The lowest BCUT2D eigenvalue weighted by Gasteiger charge is -2.50. The van der Waals surface area contributed by atoms with Crippen molar-refractivity contribution in [2.45, 2.75) is 71.1 Å². The fourth-order valence-corrected chi connectivity index (χ4v) is 3.30. The molecule has 0 bridgehead atoms. The molecular weight excluding hydrogens is 258 g/mol. The van der Waals surface area contributed by atoms with Crippen LogP contribution in [0, 0.1) is 0 Å². The summed E-state index contributed by atoms with van der Waals surface area (Å²) in [6.07, 6.45) is 2.28. The minimum atomic E-state index is -0.189. The Hall–Kier alpha value is -0.860. The quantitative estimate of drug-likeness (QED) is 0.789. The zero-order valence-electron chi connectivity index (χ0n) is 14.6. The third kappa shape index (κ3) is 4.08. The van der Waals surface area contributed by atoms with Gasteiger partial charge in [-0.3, -0.25) is 4.90 Å². The molecule has 1 aliphatic rings. The largest absolute Gasteiger partial charge is 0.363 e. The van der Waals surface area contributed by atoms with Crippen molar-refractivity contribution < 1.29 is 4.74 Å². The molecule has 0 spiro atoms. The van der Waals surface area contributed by atoms with Gasteiger partial charge in [0.1, 0.15) is 5.60 Å². The van der Waals surface area contributed by atoms with Gasteiger partial charge in [0.05, 0.1) is 5.60 Å². The highest BCUT2D eigenvalue weighted by molar-refractivity contribution is 5.24. The molecule has 1 saturated heterocycles. The Balaban J connectivity index is 2.37. The van der Waals surface area contributed by atoms with E-state index in [2.05, 4.69) is 76.8 Å². The van der Waals surface area contributed by atoms with Crippen LogP contribution in [0.15, 0.2) is 30.3 Å². The summed E-state index contributed by atoms with van der Waals surface area (Å²) in [6.45, 7) is 15.5. The second kappa shape index (κ2) is 5.73. The molecule has 1 atom stereocenters. The van der Waals surface area contributed by atoms with Gasteiger partial charge in [-0.05, 0) is 66.5 Å². The highest BCUT2D eigenvalue weighted by Crippen LogP contribution is 2.40. The molecule has 1 aromatic carbocycles. The van der Waals surface area contributed by atoms with Crippen molar-refractivity contribution in [1.29, 1.82) is 0 Å². The summed E-state index contributed by atoms with van der Waals surface area (Å²) in [7, 11) is 0. The second-order valence-electron chi connectivity index (χ2n) is 8.27. The van der Waals surface area contributed by atoms with Crippen molar-refractivity contribution in [1.82, 2.24) is 4.90 Å². The minimum absolute atomic E-state index is 0.142. The Morgan fingerprint density at radius 1 is 1.00 bits per heavy atom. The van der Waals surface area contributed by atoms with Crippen LogP contribution in [0.25, 0.3) is 0 Å². The summed E-state index contributed by atoms with van der Waals surface area (Å²) in [6, 6.07) is 10.8. The Morgan fingerprint density at radius 2 is 1.62 bits per heavy atom. The number of nitrogens with zero attached hydrogens (tertiary/aromatic N) is 1. The monoisotopic (exact) mass is 289 g/mol.